The van der Waals surface area contributed by atoms with Crippen LogP contribution in [-0.2, 0) is 9.47 Å². The van der Waals surface area contributed by atoms with Crippen LogP contribution >= 0.6 is 15.9 Å². The number of halogens is 1. The quantitative estimate of drug-likeness (QED) is 0.496. The predicted molar refractivity (Wildman–Crippen MR) is 106 cm³/mol. The molecule has 1 aromatic carbocycles. The van der Waals surface area contributed by atoms with Crippen molar-refractivity contribution in [2.45, 2.75) is 65.2 Å². The first-order valence-corrected chi connectivity index (χ1v) is 9.25. The molecule has 0 aromatic heterocycles. The van der Waals surface area contributed by atoms with Crippen molar-refractivity contribution in [2.24, 2.45) is 0 Å². The topological polar surface area (TPSA) is 64.6 Å². The Hall–Kier alpha value is -1.82. The second-order valence-corrected chi connectivity index (χ2v) is 8.82. The average molecular weight is 426 g/mol. The van der Waals surface area contributed by atoms with Gasteiger partial charge in [0.2, 0.25) is 0 Å². The van der Waals surface area contributed by atoms with Crippen molar-refractivity contribution < 1.29 is 19.1 Å². The molecule has 1 N–H and O–H groups in total. The fourth-order valence-corrected chi connectivity index (χ4v) is 2.68. The van der Waals surface area contributed by atoms with Crippen LogP contribution in [0.2, 0.25) is 0 Å². The van der Waals surface area contributed by atoms with Gasteiger partial charge >= 0.3 is 12.1 Å². The summed E-state index contributed by atoms with van der Waals surface area (Å²) in [6.07, 6.45) is 1.66. The Labute approximate surface area is 164 Å². The number of benzene rings is 1. The molecule has 0 heterocycles. The van der Waals surface area contributed by atoms with E-state index in [4.69, 9.17) is 9.47 Å². The van der Waals surface area contributed by atoms with E-state index < -0.39 is 23.3 Å². The molecule has 1 aromatic rings. The van der Waals surface area contributed by atoms with E-state index in [9.17, 15) is 9.59 Å². The third-order valence-corrected chi connectivity index (χ3v) is 3.82. The lowest BCUT2D eigenvalue weighted by Gasteiger charge is -2.24. The first-order valence-electron chi connectivity index (χ1n) is 8.45. The molecule has 0 radical (unpaired) electrons. The Morgan fingerprint density at radius 3 is 2.23 bits per heavy atom. The molecule has 1 amide bonds. The van der Waals surface area contributed by atoms with Gasteiger partial charge in [0.05, 0.1) is 11.6 Å². The number of hydrogen-bond donors (Lipinski definition) is 1. The number of hydrogen-bond acceptors (Lipinski definition) is 4. The molecule has 0 saturated heterocycles. The van der Waals surface area contributed by atoms with Crippen LogP contribution in [-0.4, -0.2) is 23.3 Å². The second kappa shape index (κ2) is 8.71. The molecule has 5 nitrogen and oxygen atoms in total. The number of esters is 1. The maximum absolute atomic E-state index is 12.3. The van der Waals surface area contributed by atoms with E-state index >= 15 is 0 Å². The lowest BCUT2D eigenvalue weighted by molar-refractivity contribution is 0.00692. The summed E-state index contributed by atoms with van der Waals surface area (Å²) in [7, 11) is 0. The van der Waals surface area contributed by atoms with Crippen LogP contribution in [0.25, 0.3) is 0 Å². The molecular weight excluding hydrogens is 398 g/mol. The van der Waals surface area contributed by atoms with Gasteiger partial charge in [0, 0.05) is 4.47 Å². The molecule has 0 saturated carbocycles. The van der Waals surface area contributed by atoms with Gasteiger partial charge in [-0.25, -0.2) is 9.59 Å². The minimum absolute atomic E-state index is 0.390. The summed E-state index contributed by atoms with van der Waals surface area (Å²) in [5.74, 6) is -0.416. The van der Waals surface area contributed by atoms with Gasteiger partial charge in [0.15, 0.2) is 0 Å². The van der Waals surface area contributed by atoms with Crippen LogP contribution in [0, 0.1) is 0 Å². The van der Waals surface area contributed by atoms with Crippen molar-refractivity contribution in [3.63, 3.8) is 0 Å². The van der Waals surface area contributed by atoms with Gasteiger partial charge < -0.3 is 14.8 Å². The molecular formula is C20H28BrNO4. The third-order valence-electron chi connectivity index (χ3n) is 3.10. The highest BCUT2D eigenvalue weighted by molar-refractivity contribution is 9.10. The molecule has 1 rings (SSSR count). The predicted octanol–water partition coefficient (Wildman–Crippen LogP) is 5.55. The maximum Gasteiger partial charge on any atom is 0.408 e. The molecule has 0 aliphatic rings. The van der Waals surface area contributed by atoms with Crippen LogP contribution in [0.1, 0.15) is 69.9 Å². The van der Waals surface area contributed by atoms with Crippen molar-refractivity contribution in [1.29, 1.82) is 0 Å². The van der Waals surface area contributed by atoms with Crippen LogP contribution in [0.3, 0.4) is 0 Å². The number of ether oxygens (including phenoxy) is 2. The van der Waals surface area contributed by atoms with Gasteiger partial charge in [0.1, 0.15) is 11.2 Å². The zero-order valence-corrected chi connectivity index (χ0v) is 17.9. The second-order valence-electron chi connectivity index (χ2n) is 7.96. The minimum Gasteiger partial charge on any atom is -0.456 e. The fraction of sp³-hybridized carbons (Fsp3) is 0.500. The van der Waals surface area contributed by atoms with E-state index in [1.807, 2.05) is 20.8 Å². The van der Waals surface area contributed by atoms with Crippen molar-refractivity contribution >= 4 is 28.0 Å². The van der Waals surface area contributed by atoms with Crippen LogP contribution < -0.4 is 5.32 Å². The zero-order chi connectivity index (χ0) is 20.1. The number of carbonyl (C=O) groups is 2. The van der Waals surface area contributed by atoms with E-state index in [1.54, 1.807) is 45.0 Å². The smallest absolute Gasteiger partial charge is 0.408 e. The lowest BCUT2D eigenvalue weighted by Crippen LogP contribution is -2.35. The van der Waals surface area contributed by atoms with Gasteiger partial charge in [-0.15, -0.1) is 6.58 Å². The normalized spacial score (nSPS) is 12.9. The summed E-state index contributed by atoms with van der Waals surface area (Å²) >= 11 is 3.48. The maximum atomic E-state index is 12.3. The average Bonchev–Trinajstić information content (AvgIpc) is 2.43. The standard InChI is InChI=1S/C20H28BrNO4/c1-8-9-16(22-18(24)26-20(5,6)7)14-12-13(10-11-15(14)21)17(23)25-19(2,3)4/h8,10-12,16H,1,9H2,2-7H3,(H,22,24). The molecule has 1 unspecified atom stereocenters. The summed E-state index contributed by atoms with van der Waals surface area (Å²) in [4.78, 5) is 24.5. The first-order chi connectivity index (χ1) is 11.8. The SMILES string of the molecule is C=CCC(NC(=O)OC(C)(C)C)c1cc(C(=O)OC(C)(C)C)ccc1Br. The zero-order valence-electron chi connectivity index (χ0n) is 16.3. The summed E-state index contributed by atoms with van der Waals surface area (Å²) in [6, 6.07) is 4.77. The van der Waals surface area contributed by atoms with Gasteiger partial charge in [-0.05, 0) is 71.7 Å². The summed E-state index contributed by atoms with van der Waals surface area (Å²) in [5.41, 5.74) is -0.0184. The Bertz CT molecular complexity index is 671. The number of rotatable bonds is 5. The monoisotopic (exact) mass is 425 g/mol. The molecule has 0 fully saturated rings. The van der Waals surface area contributed by atoms with Crippen molar-refractivity contribution in [3.8, 4) is 0 Å². The molecule has 0 aliphatic heterocycles. The Morgan fingerprint density at radius 1 is 1.15 bits per heavy atom. The molecule has 144 valence electrons. The number of amides is 1. The van der Waals surface area contributed by atoms with Gasteiger partial charge in [-0.3, -0.25) is 0 Å². The Balaban J connectivity index is 3.10. The van der Waals surface area contributed by atoms with Crippen LogP contribution in [0.5, 0.6) is 0 Å². The van der Waals surface area contributed by atoms with E-state index in [0.717, 1.165) is 10.0 Å². The summed E-state index contributed by atoms with van der Waals surface area (Å²) in [5, 5.41) is 2.83. The van der Waals surface area contributed by atoms with E-state index in [2.05, 4.69) is 27.8 Å². The summed E-state index contributed by atoms with van der Waals surface area (Å²) in [6.45, 7) is 14.6. The van der Waals surface area contributed by atoms with E-state index in [1.165, 1.54) is 0 Å². The number of carbonyl (C=O) groups excluding carboxylic acids is 2. The Kier molecular flexibility index (Phi) is 7.45. The van der Waals surface area contributed by atoms with E-state index in [0.29, 0.717) is 12.0 Å². The molecule has 26 heavy (non-hydrogen) atoms. The highest BCUT2D eigenvalue weighted by Gasteiger charge is 2.23. The minimum atomic E-state index is -0.599. The number of nitrogens with one attached hydrogen (secondary N) is 1. The third kappa shape index (κ3) is 7.60. The summed E-state index contributed by atoms with van der Waals surface area (Å²) < 4.78 is 11.5. The number of alkyl carbamates (subject to hydrolysis) is 1. The molecule has 0 aliphatic carbocycles. The highest BCUT2D eigenvalue weighted by atomic mass is 79.9. The van der Waals surface area contributed by atoms with Crippen molar-refractivity contribution in [1.82, 2.24) is 5.32 Å². The Morgan fingerprint density at radius 2 is 1.73 bits per heavy atom. The van der Waals surface area contributed by atoms with Gasteiger partial charge in [-0.2, -0.15) is 0 Å². The van der Waals surface area contributed by atoms with Crippen LogP contribution in [0.4, 0.5) is 4.79 Å². The molecule has 1 atom stereocenters. The lowest BCUT2D eigenvalue weighted by atomic mass is 10.0. The van der Waals surface area contributed by atoms with Crippen molar-refractivity contribution in [2.75, 3.05) is 0 Å². The van der Waals surface area contributed by atoms with Crippen molar-refractivity contribution in [3.05, 3.63) is 46.5 Å². The van der Waals surface area contributed by atoms with Gasteiger partial charge in [-0.1, -0.05) is 22.0 Å². The van der Waals surface area contributed by atoms with Crippen LogP contribution in [0.15, 0.2) is 35.3 Å². The largest absolute Gasteiger partial charge is 0.456 e. The molecule has 0 bridgehead atoms. The highest BCUT2D eigenvalue weighted by Crippen LogP contribution is 2.28. The molecule has 0 spiro atoms. The fourth-order valence-electron chi connectivity index (χ4n) is 2.15. The van der Waals surface area contributed by atoms with Gasteiger partial charge in [0.25, 0.3) is 0 Å². The van der Waals surface area contributed by atoms with E-state index in [-0.39, 0.29) is 6.04 Å². The molecule has 6 heteroatoms. The first kappa shape index (κ1) is 22.2.